The summed E-state index contributed by atoms with van der Waals surface area (Å²) in [6, 6.07) is 14.9. The SMILES string of the molecule is CC(=O)S[C@H]1C[C@@H](C[C@@H]2C[C@@H](C(=O)OCc3ccc([N+](=O)[O-])cc3)N(C(=O)OCc3ccc([N+](=O)[O-])cc3)C2)N(C(=O)OCc2ccc([N+](=O)[O-])cc2)C1. The maximum absolute atomic E-state index is 13.5. The number of rotatable bonds is 13. The standard InChI is InChI=1S/C35H35N5O13S/c1-22(41)54-31-16-30(36(18-31)34(43)52-20-24-4-10-28(11-5-24)39(47)48)14-26-15-32(33(42)51-19-23-2-8-27(9-3-23)38(45)46)37(17-26)35(44)53-21-25-6-12-29(13-7-25)40(49)50/h2-13,26,30-32H,14-21H2,1H3/t26-,30-,31+,32+/m1/s1. The highest BCUT2D eigenvalue weighted by Crippen LogP contribution is 2.36. The third-order valence-electron chi connectivity index (χ3n) is 8.99. The molecule has 0 N–H and O–H groups in total. The average Bonchev–Trinajstić information content (AvgIpc) is 3.76. The van der Waals surface area contributed by atoms with Gasteiger partial charge in [-0.15, -0.1) is 0 Å². The first-order valence-corrected chi connectivity index (χ1v) is 17.6. The molecular weight excluding hydrogens is 730 g/mol. The first-order chi connectivity index (χ1) is 25.8. The van der Waals surface area contributed by atoms with Crippen molar-refractivity contribution in [1.82, 2.24) is 9.80 Å². The van der Waals surface area contributed by atoms with Gasteiger partial charge >= 0.3 is 18.2 Å². The highest BCUT2D eigenvalue weighted by atomic mass is 32.2. The van der Waals surface area contributed by atoms with Crippen molar-refractivity contribution in [1.29, 1.82) is 0 Å². The Morgan fingerprint density at radius 2 is 1.07 bits per heavy atom. The van der Waals surface area contributed by atoms with Crippen molar-refractivity contribution in [3.05, 3.63) is 120 Å². The van der Waals surface area contributed by atoms with E-state index < -0.39 is 45.0 Å². The van der Waals surface area contributed by atoms with Crippen molar-refractivity contribution in [2.75, 3.05) is 13.1 Å². The summed E-state index contributed by atoms with van der Waals surface area (Å²) in [6.45, 7) is 1.10. The van der Waals surface area contributed by atoms with Gasteiger partial charge in [-0.2, -0.15) is 0 Å². The zero-order valence-electron chi connectivity index (χ0n) is 28.8. The minimum Gasteiger partial charge on any atom is -0.459 e. The summed E-state index contributed by atoms with van der Waals surface area (Å²) in [5, 5.41) is 32.7. The van der Waals surface area contributed by atoms with Gasteiger partial charge in [-0.25, -0.2) is 14.4 Å². The smallest absolute Gasteiger partial charge is 0.410 e. The van der Waals surface area contributed by atoms with Gasteiger partial charge in [-0.05, 0) is 78.3 Å². The Hall–Kier alpha value is -6.11. The molecule has 4 atom stereocenters. The molecule has 3 aromatic carbocycles. The minimum absolute atomic E-state index is 0.0586. The Kier molecular flexibility index (Phi) is 12.8. The van der Waals surface area contributed by atoms with Gasteiger partial charge in [0.05, 0.1) is 14.8 Å². The van der Waals surface area contributed by atoms with Gasteiger partial charge in [0.2, 0.25) is 0 Å². The van der Waals surface area contributed by atoms with Crippen molar-refractivity contribution in [3.63, 3.8) is 0 Å². The van der Waals surface area contributed by atoms with E-state index in [1.165, 1.54) is 89.5 Å². The van der Waals surface area contributed by atoms with Crippen molar-refractivity contribution in [2.45, 2.75) is 63.3 Å². The first-order valence-electron chi connectivity index (χ1n) is 16.7. The predicted octanol–water partition coefficient (Wildman–Crippen LogP) is 5.93. The van der Waals surface area contributed by atoms with Gasteiger partial charge in [0.25, 0.3) is 17.1 Å². The summed E-state index contributed by atoms with van der Waals surface area (Å²) in [6.07, 6.45) is -0.559. The Labute approximate surface area is 311 Å². The summed E-state index contributed by atoms with van der Waals surface area (Å²) < 4.78 is 16.6. The van der Waals surface area contributed by atoms with Crippen LogP contribution in [-0.2, 0) is 43.6 Å². The number of hydrogen-bond acceptors (Lipinski definition) is 14. The van der Waals surface area contributed by atoms with E-state index in [0.29, 0.717) is 29.5 Å². The molecule has 2 fully saturated rings. The van der Waals surface area contributed by atoms with Gasteiger partial charge in [0.15, 0.2) is 5.12 Å². The zero-order chi connectivity index (χ0) is 38.9. The van der Waals surface area contributed by atoms with Crippen LogP contribution in [0.2, 0.25) is 0 Å². The number of amides is 2. The lowest BCUT2D eigenvalue weighted by Crippen LogP contribution is -2.41. The van der Waals surface area contributed by atoms with E-state index in [1.54, 1.807) is 0 Å². The number of carbonyl (C=O) groups excluding carboxylic acids is 4. The number of hydrogen-bond donors (Lipinski definition) is 0. The topological polar surface area (TPSA) is 232 Å². The molecule has 2 aliphatic rings. The number of benzene rings is 3. The number of non-ortho nitro benzene ring substituents is 3. The van der Waals surface area contributed by atoms with Crippen LogP contribution in [0.25, 0.3) is 0 Å². The van der Waals surface area contributed by atoms with Gasteiger partial charge in [-0.1, -0.05) is 11.8 Å². The van der Waals surface area contributed by atoms with Crippen LogP contribution in [-0.4, -0.2) is 78.3 Å². The summed E-state index contributed by atoms with van der Waals surface area (Å²) in [4.78, 5) is 86.4. The monoisotopic (exact) mass is 765 g/mol. The molecule has 18 nitrogen and oxygen atoms in total. The lowest BCUT2D eigenvalue weighted by atomic mass is 9.95. The van der Waals surface area contributed by atoms with Crippen LogP contribution in [0.4, 0.5) is 26.7 Å². The lowest BCUT2D eigenvalue weighted by Gasteiger charge is -2.26. The van der Waals surface area contributed by atoms with E-state index in [1.807, 2.05) is 0 Å². The molecule has 54 heavy (non-hydrogen) atoms. The minimum atomic E-state index is -1.08. The molecule has 0 spiro atoms. The molecule has 0 aliphatic carbocycles. The maximum Gasteiger partial charge on any atom is 0.410 e. The largest absolute Gasteiger partial charge is 0.459 e. The van der Waals surface area contributed by atoms with Crippen molar-refractivity contribution < 1.29 is 48.2 Å². The summed E-state index contributed by atoms with van der Waals surface area (Å²) in [5.74, 6) is -1.07. The number of nitrogens with zero attached hydrogens (tertiary/aromatic N) is 5. The van der Waals surface area contributed by atoms with Gasteiger partial charge < -0.3 is 19.1 Å². The average molecular weight is 766 g/mol. The molecule has 2 heterocycles. The summed E-state index contributed by atoms with van der Waals surface area (Å²) >= 11 is 1.10. The third-order valence-corrected chi connectivity index (χ3v) is 10.00. The van der Waals surface area contributed by atoms with Crippen LogP contribution in [0.5, 0.6) is 0 Å². The fourth-order valence-electron chi connectivity index (χ4n) is 6.39. The lowest BCUT2D eigenvalue weighted by molar-refractivity contribution is -0.385. The van der Waals surface area contributed by atoms with Crippen molar-refractivity contribution >= 4 is 52.1 Å². The van der Waals surface area contributed by atoms with E-state index in [9.17, 15) is 49.5 Å². The molecule has 0 saturated carbocycles. The fraction of sp³-hybridized carbons (Fsp3) is 0.371. The van der Waals surface area contributed by atoms with E-state index in [-0.39, 0.29) is 72.7 Å². The molecule has 0 bridgehead atoms. The highest BCUT2D eigenvalue weighted by molar-refractivity contribution is 8.14. The fourth-order valence-corrected chi connectivity index (χ4v) is 7.42. The van der Waals surface area contributed by atoms with Crippen LogP contribution in [0.1, 0.15) is 42.9 Å². The van der Waals surface area contributed by atoms with Gasteiger partial charge in [-0.3, -0.25) is 40.0 Å². The van der Waals surface area contributed by atoms with Crippen LogP contribution < -0.4 is 0 Å². The predicted molar refractivity (Wildman–Crippen MR) is 190 cm³/mol. The van der Waals surface area contributed by atoms with Crippen molar-refractivity contribution in [3.8, 4) is 0 Å². The molecule has 284 valence electrons. The van der Waals surface area contributed by atoms with E-state index in [2.05, 4.69) is 0 Å². The van der Waals surface area contributed by atoms with Crippen LogP contribution >= 0.6 is 11.8 Å². The molecule has 0 radical (unpaired) electrons. The number of nitro benzene ring substituents is 3. The number of thioether (sulfide) groups is 1. The molecular formula is C35H35N5O13S. The van der Waals surface area contributed by atoms with Crippen LogP contribution in [0, 0.1) is 36.3 Å². The highest BCUT2D eigenvalue weighted by Gasteiger charge is 2.45. The number of ether oxygens (including phenoxy) is 3. The molecule has 0 aromatic heterocycles. The van der Waals surface area contributed by atoms with Crippen LogP contribution in [0.3, 0.4) is 0 Å². The number of nitro groups is 3. The molecule has 2 amide bonds. The van der Waals surface area contributed by atoms with Gasteiger partial charge in [0, 0.05) is 67.7 Å². The third kappa shape index (κ3) is 10.3. The Morgan fingerprint density at radius 1 is 0.648 bits per heavy atom. The number of likely N-dealkylation sites (tertiary alicyclic amines) is 2. The summed E-state index contributed by atoms with van der Waals surface area (Å²) in [7, 11) is 0. The Balaban J connectivity index is 1.28. The Bertz CT molecular complexity index is 1810. The first kappa shape index (κ1) is 39.1. The maximum atomic E-state index is 13.5. The molecule has 0 unspecified atom stereocenters. The second kappa shape index (κ2) is 17.6. The molecule has 2 aliphatic heterocycles. The van der Waals surface area contributed by atoms with Crippen LogP contribution in [0.15, 0.2) is 72.8 Å². The van der Waals surface area contributed by atoms with E-state index in [4.69, 9.17) is 14.2 Å². The number of esters is 1. The number of carbonyl (C=O) groups is 4. The second-order valence-electron chi connectivity index (χ2n) is 12.8. The molecule has 3 aromatic rings. The Morgan fingerprint density at radius 3 is 1.50 bits per heavy atom. The second-order valence-corrected chi connectivity index (χ2v) is 14.2. The van der Waals surface area contributed by atoms with E-state index in [0.717, 1.165) is 11.8 Å². The normalized spacial score (nSPS) is 19.2. The molecule has 2 saturated heterocycles. The summed E-state index contributed by atoms with van der Waals surface area (Å²) in [5.41, 5.74) is 1.12. The van der Waals surface area contributed by atoms with E-state index >= 15 is 0 Å². The van der Waals surface area contributed by atoms with Gasteiger partial charge in [0.1, 0.15) is 25.9 Å². The van der Waals surface area contributed by atoms with Crippen molar-refractivity contribution in [2.24, 2.45) is 5.92 Å². The zero-order valence-corrected chi connectivity index (χ0v) is 29.7. The quantitative estimate of drug-likeness (QED) is 0.0849. The molecule has 19 heteroatoms. The molecule has 5 rings (SSSR count).